The van der Waals surface area contributed by atoms with Crippen LogP contribution in [0.3, 0.4) is 0 Å². The van der Waals surface area contributed by atoms with Gasteiger partial charge in [-0.15, -0.1) is 0 Å². The van der Waals surface area contributed by atoms with Gasteiger partial charge < -0.3 is 15.4 Å². The molecule has 0 aliphatic heterocycles. The Labute approximate surface area is 171 Å². The summed E-state index contributed by atoms with van der Waals surface area (Å²) in [5, 5.41) is 5.58. The van der Waals surface area contributed by atoms with Crippen molar-refractivity contribution in [1.29, 1.82) is 0 Å². The number of hydrogen-bond donors (Lipinski definition) is 2. The van der Waals surface area contributed by atoms with Crippen molar-refractivity contribution in [3.8, 4) is 0 Å². The highest BCUT2D eigenvalue weighted by Crippen LogP contribution is 2.18. The molecular weight excluding hydrogens is 368 g/mol. The fraction of sp³-hybridized carbons (Fsp3) is 0.348. The summed E-state index contributed by atoms with van der Waals surface area (Å²) in [7, 11) is 0. The third-order valence-corrected chi connectivity index (χ3v) is 4.38. The first-order valence-electron chi connectivity index (χ1n) is 9.77. The number of carbonyl (C=O) groups excluding carboxylic acids is 3. The fourth-order valence-corrected chi connectivity index (χ4v) is 2.70. The van der Waals surface area contributed by atoms with Gasteiger partial charge in [-0.3, -0.25) is 14.4 Å². The van der Waals surface area contributed by atoms with Crippen molar-refractivity contribution >= 4 is 23.5 Å². The zero-order valence-corrected chi connectivity index (χ0v) is 17.1. The van der Waals surface area contributed by atoms with Crippen molar-refractivity contribution in [1.82, 2.24) is 5.32 Å². The maximum absolute atomic E-state index is 12.7. The van der Waals surface area contributed by atoms with E-state index in [2.05, 4.69) is 10.6 Å². The summed E-state index contributed by atoms with van der Waals surface area (Å²) < 4.78 is 5.00. The van der Waals surface area contributed by atoms with Gasteiger partial charge in [0, 0.05) is 6.42 Å². The normalized spacial score (nSPS) is 11.6. The van der Waals surface area contributed by atoms with E-state index in [-0.39, 0.29) is 25.0 Å². The molecule has 29 heavy (non-hydrogen) atoms. The van der Waals surface area contributed by atoms with Crippen molar-refractivity contribution < 1.29 is 19.1 Å². The number of para-hydroxylation sites is 1. The molecule has 0 bridgehead atoms. The van der Waals surface area contributed by atoms with Gasteiger partial charge in [-0.05, 0) is 37.0 Å². The highest BCUT2D eigenvalue weighted by atomic mass is 16.5. The Morgan fingerprint density at radius 2 is 1.59 bits per heavy atom. The average molecular weight is 396 g/mol. The van der Waals surface area contributed by atoms with Crippen LogP contribution < -0.4 is 10.6 Å². The Hall–Kier alpha value is -3.15. The SMILES string of the molecule is CC(C)CCC(=O)OCC(=O)Nc1ccccc1C(=O)N[C@H](C)c1ccccc1. The predicted octanol–water partition coefficient (Wildman–Crippen LogP) is 4.10. The van der Waals surface area contributed by atoms with Gasteiger partial charge in [0.05, 0.1) is 17.3 Å². The van der Waals surface area contributed by atoms with E-state index in [0.717, 1.165) is 5.56 Å². The molecule has 1 atom stereocenters. The molecule has 2 amide bonds. The van der Waals surface area contributed by atoms with Crippen LogP contribution in [-0.2, 0) is 14.3 Å². The molecule has 6 heteroatoms. The van der Waals surface area contributed by atoms with Gasteiger partial charge >= 0.3 is 5.97 Å². The van der Waals surface area contributed by atoms with E-state index in [0.29, 0.717) is 23.6 Å². The number of rotatable bonds is 9. The number of benzene rings is 2. The molecule has 0 spiro atoms. The summed E-state index contributed by atoms with van der Waals surface area (Å²) in [4.78, 5) is 36.5. The number of anilines is 1. The van der Waals surface area contributed by atoms with E-state index >= 15 is 0 Å². The maximum Gasteiger partial charge on any atom is 0.306 e. The molecule has 0 radical (unpaired) electrons. The average Bonchev–Trinajstić information content (AvgIpc) is 2.71. The minimum atomic E-state index is -0.487. The smallest absolute Gasteiger partial charge is 0.306 e. The Kier molecular flexibility index (Phi) is 8.40. The van der Waals surface area contributed by atoms with Crippen LogP contribution in [0, 0.1) is 5.92 Å². The molecule has 0 unspecified atom stereocenters. The quantitative estimate of drug-likeness (QED) is 0.625. The molecular formula is C23H28N2O4. The minimum absolute atomic E-state index is 0.186. The van der Waals surface area contributed by atoms with Gasteiger partial charge in [0.1, 0.15) is 0 Å². The molecule has 0 aliphatic carbocycles. The van der Waals surface area contributed by atoms with E-state index in [1.165, 1.54) is 0 Å². The van der Waals surface area contributed by atoms with Gasteiger partial charge in [0.15, 0.2) is 6.61 Å². The largest absolute Gasteiger partial charge is 0.456 e. The fourth-order valence-electron chi connectivity index (χ4n) is 2.70. The lowest BCUT2D eigenvalue weighted by molar-refractivity contribution is -0.147. The lowest BCUT2D eigenvalue weighted by atomic mass is 10.1. The first kappa shape index (κ1) is 22.1. The number of nitrogens with one attached hydrogen (secondary N) is 2. The van der Waals surface area contributed by atoms with Crippen LogP contribution in [0.4, 0.5) is 5.69 Å². The number of amides is 2. The van der Waals surface area contributed by atoms with Gasteiger partial charge in [0.2, 0.25) is 0 Å². The number of esters is 1. The highest BCUT2D eigenvalue weighted by Gasteiger charge is 2.16. The van der Waals surface area contributed by atoms with E-state index in [1.54, 1.807) is 24.3 Å². The van der Waals surface area contributed by atoms with Crippen LogP contribution in [0.15, 0.2) is 54.6 Å². The maximum atomic E-state index is 12.7. The second-order valence-electron chi connectivity index (χ2n) is 7.29. The van der Waals surface area contributed by atoms with Crippen LogP contribution in [0.2, 0.25) is 0 Å². The molecule has 2 rings (SSSR count). The zero-order valence-electron chi connectivity index (χ0n) is 17.1. The summed E-state index contributed by atoms with van der Waals surface area (Å²) >= 11 is 0. The second kappa shape index (κ2) is 11.0. The molecule has 0 aromatic heterocycles. The van der Waals surface area contributed by atoms with E-state index < -0.39 is 11.9 Å². The van der Waals surface area contributed by atoms with E-state index in [4.69, 9.17) is 4.74 Å². The Bertz CT molecular complexity index is 834. The third-order valence-electron chi connectivity index (χ3n) is 4.38. The monoisotopic (exact) mass is 396 g/mol. The van der Waals surface area contributed by atoms with Crippen molar-refractivity contribution in [2.75, 3.05) is 11.9 Å². The number of hydrogen-bond acceptors (Lipinski definition) is 4. The predicted molar refractivity (Wildman–Crippen MR) is 112 cm³/mol. The van der Waals surface area contributed by atoms with Crippen molar-refractivity contribution in [2.24, 2.45) is 5.92 Å². The molecule has 0 saturated carbocycles. The van der Waals surface area contributed by atoms with Crippen molar-refractivity contribution in [3.63, 3.8) is 0 Å². The highest BCUT2D eigenvalue weighted by molar-refractivity contribution is 6.04. The molecule has 2 aromatic carbocycles. The first-order valence-corrected chi connectivity index (χ1v) is 9.77. The van der Waals surface area contributed by atoms with Crippen LogP contribution in [0.5, 0.6) is 0 Å². The Morgan fingerprint density at radius 1 is 0.931 bits per heavy atom. The molecule has 154 valence electrons. The molecule has 0 fully saturated rings. The van der Waals surface area contributed by atoms with Crippen molar-refractivity contribution in [2.45, 2.75) is 39.7 Å². The molecule has 0 heterocycles. The Morgan fingerprint density at radius 3 is 2.28 bits per heavy atom. The molecule has 0 saturated heterocycles. The minimum Gasteiger partial charge on any atom is -0.456 e. The van der Waals surface area contributed by atoms with Gasteiger partial charge in [0.25, 0.3) is 11.8 Å². The lowest BCUT2D eigenvalue weighted by Gasteiger charge is -2.16. The molecule has 0 aliphatic rings. The first-order chi connectivity index (χ1) is 13.9. The topological polar surface area (TPSA) is 84.5 Å². The third kappa shape index (κ3) is 7.41. The van der Waals surface area contributed by atoms with Crippen LogP contribution >= 0.6 is 0 Å². The van der Waals surface area contributed by atoms with Crippen LogP contribution in [0.25, 0.3) is 0 Å². The Balaban J connectivity index is 1.94. The molecule has 2 N–H and O–H groups in total. The summed E-state index contributed by atoms with van der Waals surface area (Å²) in [6.45, 7) is 5.54. The van der Waals surface area contributed by atoms with E-state index in [9.17, 15) is 14.4 Å². The van der Waals surface area contributed by atoms with Gasteiger partial charge in [-0.2, -0.15) is 0 Å². The van der Waals surface area contributed by atoms with Gasteiger partial charge in [-0.25, -0.2) is 0 Å². The zero-order chi connectivity index (χ0) is 21.2. The van der Waals surface area contributed by atoms with E-state index in [1.807, 2.05) is 51.1 Å². The summed E-state index contributed by atoms with van der Waals surface area (Å²) in [5.41, 5.74) is 1.69. The molecule has 2 aromatic rings. The number of carbonyl (C=O) groups is 3. The van der Waals surface area contributed by atoms with Crippen LogP contribution in [-0.4, -0.2) is 24.4 Å². The molecule has 6 nitrogen and oxygen atoms in total. The summed E-state index contributed by atoms with van der Waals surface area (Å²) in [6.07, 6.45) is 0.990. The standard InChI is InChI=1S/C23H28N2O4/c1-16(2)13-14-22(27)29-15-21(26)25-20-12-8-7-11-19(20)23(28)24-17(3)18-9-5-4-6-10-18/h4-12,16-17H,13-15H2,1-3H3,(H,24,28)(H,25,26)/t17-/m1/s1. The lowest BCUT2D eigenvalue weighted by Crippen LogP contribution is -2.28. The van der Waals surface area contributed by atoms with Crippen molar-refractivity contribution in [3.05, 3.63) is 65.7 Å². The summed E-state index contributed by atoms with van der Waals surface area (Å²) in [5.74, 6) is -0.804. The summed E-state index contributed by atoms with van der Waals surface area (Å²) in [6, 6.07) is 16.2. The van der Waals surface area contributed by atoms with Crippen LogP contribution in [0.1, 0.15) is 55.6 Å². The number of ether oxygens (including phenoxy) is 1. The van der Waals surface area contributed by atoms with Gasteiger partial charge in [-0.1, -0.05) is 56.3 Å². The second-order valence-corrected chi connectivity index (χ2v) is 7.29.